The molecule has 1 aliphatic rings. The number of hydrogen-bond acceptors (Lipinski definition) is 5. The van der Waals surface area contributed by atoms with Crippen molar-refractivity contribution < 1.29 is 0 Å². The molecule has 3 unspecified atom stereocenters. The third-order valence-corrected chi connectivity index (χ3v) is 5.35. The van der Waals surface area contributed by atoms with Gasteiger partial charge in [-0.05, 0) is 52.3 Å². The van der Waals surface area contributed by atoms with Crippen molar-refractivity contribution in [1.29, 1.82) is 0 Å². The van der Waals surface area contributed by atoms with Gasteiger partial charge in [-0.2, -0.15) is 0 Å². The molecule has 0 aromatic heterocycles. The van der Waals surface area contributed by atoms with Crippen LogP contribution in [0.5, 0.6) is 0 Å². The van der Waals surface area contributed by atoms with E-state index in [9.17, 15) is 0 Å². The molecular formula is C19H36ClN5. The lowest BCUT2D eigenvalue weighted by Crippen LogP contribution is -2.52. The predicted octanol–water partition coefficient (Wildman–Crippen LogP) is 3.22. The topological polar surface area (TPSA) is 43.2 Å². The van der Waals surface area contributed by atoms with Crippen LogP contribution in [0.15, 0.2) is 22.1 Å². The molecule has 1 heterocycles. The minimum absolute atomic E-state index is 0.133. The first-order chi connectivity index (χ1) is 11.9. The second kappa shape index (κ2) is 11.8. The molecule has 0 bridgehead atoms. The molecule has 25 heavy (non-hydrogen) atoms. The van der Waals surface area contributed by atoms with Crippen LogP contribution in [0.4, 0.5) is 0 Å². The maximum Gasteiger partial charge on any atom is 0.124 e. The highest BCUT2D eigenvalue weighted by Crippen LogP contribution is 2.21. The molecule has 0 amide bonds. The number of hydrogen-bond donors (Lipinski definition) is 1. The van der Waals surface area contributed by atoms with Gasteiger partial charge in [0.25, 0.3) is 0 Å². The molecule has 0 aromatic rings. The molecular weight excluding hydrogens is 334 g/mol. The van der Waals surface area contributed by atoms with E-state index in [1.807, 2.05) is 14.1 Å². The van der Waals surface area contributed by atoms with Crippen molar-refractivity contribution in [3.05, 3.63) is 12.2 Å². The van der Waals surface area contributed by atoms with Gasteiger partial charge >= 0.3 is 0 Å². The van der Waals surface area contributed by atoms with Crippen molar-refractivity contribution in [1.82, 2.24) is 15.3 Å². The quantitative estimate of drug-likeness (QED) is 0.211. The summed E-state index contributed by atoms with van der Waals surface area (Å²) in [5.41, 5.74) is 2.04. The first kappa shape index (κ1) is 22.3. The Morgan fingerprint density at radius 2 is 2.16 bits per heavy atom. The summed E-state index contributed by atoms with van der Waals surface area (Å²) in [6.45, 7) is 6.40. The van der Waals surface area contributed by atoms with Crippen molar-refractivity contribution in [3.8, 4) is 0 Å². The van der Waals surface area contributed by atoms with E-state index in [1.165, 1.54) is 6.42 Å². The van der Waals surface area contributed by atoms with Crippen LogP contribution in [-0.4, -0.2) is 74.3 Å². The van der Waals surface area contributed by atoms with E-state index in [4.69, 9.17) is 16.6 Å². The summed E-state index contributed by atoms with van der Waals surface area (Å²) in [5, 5.41) is 7.81. The highest BCUT2D eigenvalue weighted by Gasteiger charge is 2.30. The molecule has 1 N–H and O–H groups in total. The number of aliphatic imine (C=N–C) groups is 2. The fourth-order valence-corrected chi connectivity index (χ4v) is 3.34. The Morgan fingerprint density at radius 1 is 1.44 bits per heavy atom. The van der Waals surface area contributed by atoms with Crippen molar-refractivity contribution in [2.45, 2.75) is 51.1 Å². The molecule has 1 rings (SSSR count). The minimum atomic E-state index is -0.145. The summed E-state index contributed by atoms with van der Waals surface area (Å²) in [7, 11) is 8.16. The molecule has 0 aromatic carbocycles. The SMILES string of the molecule is C/N=C(/C)C(C)C(C1=NC(Cl)CCC=C1)N(C)N(C)CCCCNC. The number of nitrogens with one attached hydrogen (secondary N) is 1. The summed E-state index contributed by atoms with van der Waals surface area (Å²) in [6, 6.07) is 0.133. The lowest BCUT2D eigenvalue weighted by atomic mass is 9.92. The number of alkyl halides is 1. The van der Waals surface area contributed by atoms with Crippen molar-refractivity contribution in [2.75, 3.05) is 41.3 Å². The first-order valence-electron chi connectivity index (χ1n) is 9.32. The van der Waals surface area contributed by atoms with Crippen LogP contribution in [-0.2, 0) is 0 Å². The lowest BCUT2D eigenvalue weighted by Gasteiger charge is -2.39. The van der Waals surface area contributed by atoms with Gasteiger partial charge in [-0.25, -0.2) is 10.0 Å². The highest BCUT2D eigenvalue weighted by molar-refractivity contribution is 6.21. The average Bonchev–Trinajstić information content (AvgIpc) is 2.82. The van der Waals surface area contributed by atoms with Gasteiger partial charge in [-0.1, -0.05) is 24.6 Å². The van der Waals surface area contributed by atoms with E-state index in [0.29, 0.717) is 0 Å². The Morgan fingerprint density at radius 3 is 2.80 bits per heavy atom. The standard InChI is InChI=1S/C19H36ClN5/c1-15(16(2)22-4)19(17-11-7-8-12-18(20)23-17)25(6)24(5)14-10-9-13-21-3/h7,11,15,18-19,21H,8-10,12-14H2,1-6H3/b22-16-. The van der Waals surface area contributed by atoms with Crippen LogP contribution in [0, 0.1) is 5.92 Å². The average molecular weight is 370 g/mol. The Hall–Kier alpha value is -0.750. The van der Waals surface area contributed by atoms with Crippen LogP contribution in [0.2, 0.25) is 0 Å². The maximum absolute atomic E-state index is 6.38. The molecule has 6 heteroatoms. The van der Waals surface area contributed by atoms with Crippen LogP contribution in [0.1, 0.15) is 39.5 Å². The van der Waals surface area contributed by atoms with E-state index in [-0.39, 0.29) is 17.5 Å². The summed E-state index contributed by atoms with van der Waals surface area (Å²) >= 11 is 6.38. The number of nitrogens with zero attached hydrogens (tertiary/aromatic N) is 4. The summed E-state index contributed by atoms with van der Waals surface area (Å²) < 4.78 is 0. The van der Waals surface area contributed by atoms with Gasteiger partial charge in [0.05, 0.1) is 11.8 Å². The third-order valence-electron chi connectivity index (χ3n) is 5.04. The Balaban J connectivity index is 2.97. The third kappa shape index (κ3) is 7.18. The maximum atomic E-state index is 6.38. The van der Waals surface area contributed by atoms with E-state index >= 15 is 0 Å². The number of hydrazine groups is 1. The summed E-state index contributed by atoms with van der Waals surface area (Å²) in [6.07, 6.45) is 8.55. The Bertz CT molecular complexity index is 474. The largest absolute Gasteiger partial charge is 0.320 e. The molecule has 144 valence electrons. The minimum Gasteiger partial charge on any atom is -0.320 e. The van der Waals surface area contributed by atoms with Gasteiger partial charge in [-0.3, -0.25) is 9.98 Å². The summed E-state index contributed by atoms with van der Waals surface area (Å²) in [4.78, 5) is 9.22. The van der Waals surface area contributed by atoms with Gasteiger partial charge in [0.2, 0.25) is 0 Å². The molecule has 0 radical (unpaired) electrons. The normalized spacial score (nSPS) is 21.4. The molecule has 0 saturated carbocycles. The van der Waals surface area contributed by atoms with Crippen LogP contribution in [0.25, 0.3) is 0 Å². The fraction of sp³-hybridized carbons (Fsp3) is 0.789. The second-order valence-electron chi connectivity index (χ2n) is 6.83. The molecule has 0 aliphatic carbocycles. The summed E-state index contributed by atoms with van der Waals surface area (Å²) in [5.74, 6) is 0.264. The zero-order valence-electron chi connectivity index (χ0n) is 16.8. The zero-order valence-corrected chi connectivity index (χ0v) is 17.6. The number of halogens is 1. The van der Waals surface area contributed by atoms with Gasteiger partial charge in [0.15, 0.2) is 0 Å². The smallest absolute Gasteiger partial charge is 0.124 e. The molecule has 0 saturated heterocycles. The van der Waals surface area contributed by atoms with Gasteiger partial charge in [0, 0.05) is 39.3 Å². The first-order valence-corrected chi connectivity index (χ1v) is 9.76. The monoisotopic (exact) mass is 369 g/mol. The van der Waals surface area contributed by atoms with Crippen LogP contribution >= 0.6 is 11.6 Å². The van der Waals surface area contributed by atoms with Crippen LogP contribution < -0.4 is 5.32 Å². The Kier molecular flexibility index (Phi) is 10.5. The molecule has 0 fully saturated rings. The number of allylic oxidation sites excluding steroid dienone is 1. The predicted molar refractivity (Wildman–Crippen MR) is 111 cm³/mol. The van der Waals surface area contributed by atoms with Crippen LogP contribution in [0.3, 0.4) is 0 Å². The lowest BCUT2D eigenvalue weighted by molar-refractivity contribution is -0.000598. The van der Waals surface area contributed by atoms with Crippen molar-refractivity contribution in [3.63, 3.8) is 0 Å². The van der Waals surface area contributed by atoms with E-state index in [1.54, 1.807) is 0 Å². The van der Waals surface area contributed by atoms with Gasteiger partial charge in [0.1, 0.15) is 5.50 Å². The van der Waals surface area contributed by atoms with Gasteiger partial charge in [-0.15, -0.1) is 0 Å². The fourth-order valence-electron chi connectivity index (χ4n) is 3.10. The number of unbranched alkanes of at least 4 members (excludes halogenated alkanes) is 1. The molecule has 5 nitrogen and oxygen atoms in total. The molecule has 1 aliphatic heterocycles. The van der Waals surface area contributed by atoms with Crippen molar-refractivity contribution >= 4 is 23.0 Å². The van der Waals surface area contributed by atoms with E-state index in [0.717, 1.165) is 43.8 Å². The highest BCUT2D eigenvalue weighted by atomic mass is 35.5. The van der Waals surface area contributed by atoms with E-state index in [2.05, 4.69) is 60.4 Å². The second-order valence-corrected chi connectivity index (χ2v) is 7.34. The zero-order chi connectivity index (χ0) is 18.8. The Labute approximate surface area is 159 Å². The molecule has 0 spiro atoms. The van der Waals surface area contributed by atoms with Crippen molar-refractivity contribution in [2.24, 2.45) is 15.9 Å². The molecule has 3 atom stereocenters. The van der Waals surface area contributed by atoms with E-state index < -0.39 is 0 Å². The van der Waals surface area contributed by atoms with Gasteiger partial charge < -0.3 is 5.32 Å². The number of rotatable bonds is 10.